The predicted octanol–water partition coefficient (Wildman–Crippen LogP) is 2.42. The number of aromatic carboxylic acids is 1. The third kappa shape index (κ3) is 4.95. The third-order valence-electron chi connectivity index (χ3n) is 2.39. The molecule has 0 aliphatic rings. The largest absolute Gasteiger partial charge is 0.481 e. The highest BCUT2D eigenvalue weighted by molar-refractivity contribution is 7.11. The molecule has 1 aromatic heterocycles. The van der Waals surface area contributed by atoms with Gasteiger partial charge in [0.05, 0.1) is 11.2 Å². The van der Waals surface area contributed by atoms with Crippen molar-refractivity contribution in [3.05, 3.63) is 16.1 Å². The number of aromatic nitrogens is 1. The van der Waals surface area contributed by atoms with Gasteiger partial charge in [0.15, 0.2) is 0 Å². The number of aliphatic carboxylic acids is 1. The van der Waals surface area contributed by atoms with Gasteiger partial charge in [-0.1, -0.05) is 12.8 Å². The standard InChI is InChI=1S/C11H15NO4S/c13-9(14)6-4-2-1-3-5-8-10(11(15)16)17-7-12-8/h7H,1-6H2,(H,13,14)(H,15,16). The van der Waals surface area contributed by atoms with Crippen LogP contribution in [0.25, 0.3) is 0 Å². The summed E-state index contributed by atoms with van der Waals surface area (Å²) in [5.41, 5.74) is 2.18. The summed E-state index contributed by atoms with van der Waals surface area (Å²) in [4.78, 5) is 25.4. The van der Waals surface area contributed by atoms with Crippen LogP contribution in [-0.2, 0) is 11.2 Å². The van der Waals surface area contributed by atoms with Crippen molar-refractivity contribution in [1.82, 2.24) is 4.98 Å². The number of aryl methyl sites for hydroxylation is 1. The predicted molar refractivity (Wildman–Crippen MR) is 63.5 cm³/mol. The lowest BCUT2D eigenvalue weighted by atomic mass is 10.1. The van der Waals surface area contributed by atoms with E-state index in [1.54, 1.807) is 5.51 Å². The van der Waals surface area contributed by atoms with Gasteiger partial charge in [-0.3, -0.25) is 4.79 Å². The van der Waals surface area contributed by atoms with E-state index in [1.807, 2.05) is 0 Å². The molecule has 0 unspecified atom stereocenters. The van der Waals surface area contributed by atoms with Gasteiger partial charge in [-0.15, -0.1) is 11.3 Å². The molecule has 1 heterocycles. The number of unbranched alkanes of at least 4 members (excludes halogenated alkanes) is 3. The van der Waals surface area contributed by atoms with E-state index >= 15 is 0 Å². The molecule has 94 valence electrons. The fourth-order valence-electron chi connectivity index (χ4n) is 1.54. The topological polar surface area (TPSA) is 87.5 Å². The van der Waals surface area contributed by atoms with Crippen LogP contribution < -0.4 is 0 Å². The summed E-state index contributed by atoms with van der Waals surface area (Å²) in [6.45, 7) is 0. The minimum absolute atomic E-state index is 0.205. The average Bonchev–Trinajstić information content (AvgIpc) is 2.71. The Bertz CT molecular complexity index is 389. The first-order chi connectivity index (χ1) is 8.11. The van der Waals surface area contributed by atoms with Gasteiger partial charge in [0.1, 0.15) is 4.88 Å². The summed E-state index contributed by atoms with van der Waals surface area (Å²) in [5, 5.41) is 17.3. The van der Waals surface area contributed by atoms with Crippen molar-refractivity contribution < 1.29 is 19.8 Å². The van der Waals surface area contributed by atoms with Crippen LogP contribution >= 0.6 is 11.3 Å². The van der Waals surface area contributed by atoms with Crippen molar-refractivity contribution in [2.24, 2.45) is 0 Å². The molecule has 0 spiro atoms. The van der Waals surface area contributed by atoms with Gasteiger partial charge in [0.25, 0.3) is 0 Å². The number of nitrogens with zero attached hydrogens (tertiary/aromatic N) is 1. The third-order valence-corrected chi connectivity index (χ3v) is 3.25. The number of rotatable bonds is 8. The van der Waals surface area contributed by atoms with Crippen molar-refractivity contribution in [1.29, 1.82) is 0 Å². The Morgan fingerprint density at radius 2 is 1.88 bits per heavy atom. The van der Waals surface area contributed by atoms with Crippen LogP contribution in [0.3, 0.4) is 0 Å². The first-order valence-corrected chi connectivity index (χ1v) is 6.36. The maximum Gasteiger partial charge on any atom is 0.347 e. The van der Waals surface area contributed by atoms with Crippen molar-refractivity contribution in [2.75, 3.05) is 0 Å². The molecule has 2 N–H and O–H groups in total. The second-order valence-corrected chi connectivity index (χ2v) is 4.60. The Morgan fingerprint density at radius 1 is 1.18 bits per heavy atom. The lowest BCUT2D eigenvalue weighted by molar-refractivity contribution is -0.137. The van der Waals surface area contributed by atoms with Gasteiger partial charge in [-0.05, 0) is 19.3 Å². The summed E-state index contributed by atoms with van der Waals surface area (Å²) < 4.78 is 0. The minimum Gasteiger partial charge on any atom is -0.481 e. The maximum atomic E-state index is 10.8. The van der Waals surface area contributed by atoms with Gasteiger partial charge in [0, 0.05) is 6.42 Å². The molecular formula is C11H15NO4S. The molecule has 0 atom stereocenters. The van der Waals surface area contributed by atoms with Crippen LogP contribution in [0.4, 0.5) is 0 Å². The Labute approximate surface area is 103 Å². The molecule has 0 fully saturated rings. The second-order valence-electron chi connectivity index (χ2n) is 3.74. The maximum absolute atomic E-state index is 10.8. The average molecular weight is 257 g/mol. The minimum atomic E-state index is -0.923. The second kappa shape index (κ2) is 7.01. The molecule has 1 aromatic rings. The molecule has 0 saturated carbocycles. The highest BCUT2D eigenvalue weighted by Crippen LogP contribution is 2.16. The van der Waals surface area contributed by atoms with Crippen molar-refractivity contribution in [3.63, 3.8) is 0 Å². The molecular weight excluding hydrogens is 242 g/mol. The number of carboxylic acids is 2. The molecule has 0 aliphatic carbocycles. The van der Waals surface area contributed by atoms with E-state index in [9.17, 15) is 9.59 Å². The quantitative estimate of drug-likeness (QED) is 0.698. The zero-order chi connectivity index (χ0) is 12.7. The molecule has 0 aromatic carbocycles. The molecule has 5 nitrogen and oxygen atoms in total. The first-order valence-electron chi connectivity index (χ1n) is 5.48. The van der Waals surface area contributed by atoms with Crippen LogP contribution in [-0.4, -0.2) is 27.1 Å². The van der Waals surface area contributed by atoms with E-state index in [2.05, 4.69) is 4.98 Å². The Hall–Kier alpha value is -1.43. The molecule has 0 aliphatic heterocycles. The molecule has 0 bridgehead atoms. The van der Waals surface area contributed by atoms with Crippen LogP contribution in [0.1, 0.15) is 47.5 Å². The van der Waals surface area contributed by atoms with E-state index in [0.29, 0.717) is 23.4 Å². The number of carbonyl (C=O) groups is 2. The van der Waals surface area contributed by atoms with Crippen molar-refractivity contribution >= 4 is 23.3 Å². The molecule has 1 rings (SSSR count). The van der Waals surface area contributed by atoms with Crippen LogP contribution in [0.2, 0.25) is 0 Å². The Kier molecular flexibility index (Phi) is 5.62. The number of carboxylic acid groups (broad SMARTS) is 2. The highest BCUT2D eigenvalue weighted by Gasteiger charge is 2.12. The number of hydrogen-bond donors (Lipinski definition) is 2. The van der Waals surface area contributed by atoms with E-state index in [-0.39, 0.29) is 6.42 Å². The van der Waals surface area contributed by atoms with Crippen molar-refractivity contribution in [3.8, 4) is 0 Å². The van der Waals surface area contributed by atoms with Crippen LogP contribution in [0, 0.1) is 0 Å². The monoisotopic (exact) mass is 257 g/mol. The van der Waals surface area contributed by atoms with E-state index in [4.69, 9.17) is 10.2 Å². The summed E-state index contributed by atoms with van der Waals surface area (Å²) in [5.74, 6) is -1.69. The summed E-state index contributed by atoms with van der Waals surface area (Å²) in [6.07, 6.45) is 4.15. The number of hydrogen-bond acceptors (Lipinski definition) is 4. The molecule has 0 saturated heterocycles. The highest BCUT2D eigenvalue weighted by atomic mass is 32.1. The fourth-order valence-corrected chi connectivity index (χ4v) is 2.22. The molecule has 6 heteroatoms. The van der Waals surface area contributed by atoms with Gasteiger partial charge in [-0.25, -0.2) is 9.78 Å². The van der Waals surface area contributed by atoms with Gasteiger partial charge < -0.3 is 10.2 Å². The summed E-state index contributed by atoms with van der Waals surface area (Å²) in [7, 11) is 0. The SMILES string of the molecule is O=C(O)CCCCCCc1ncsc1C(=O)O. The molecule has 0 amide bonds. The fraction of sp³-hybridized carbons (Fsp3) is 0.545. The van der Waals surface area contributed by atoms with Crippen LogP contribution in [0.15, 0.2) is 5.51 Å². The zero-order valence-corrected chi connectivity index (χ0v) is 10.2. The van der Waals surface area contributed by atoms with E-state index in [1.165, 1.54) is 0 Å². The summed E-state index contributed by atoms with van der Waals surface area (Å²) >= 11 is 1.14. The van der Waals surface area contributed by atoms with Crippen molar-refractivity contribution in [2.45, 2.75) is 38.5 Å². The first kappa shape index (κ1) is 13.6. The molecule has 0 radical (unpaired) electrons. The van der Waals surface area contributed by atoms with E-state index in [0.717, 1.165) is 30.6 Å². The number of thiazole rings is 1. The summed E-state index contributed by atoms with van der Waals surface area (Å²) in [6, 6.07) is 0. The van der Waals surface area contributed by atoms with E-state index < -0.39 is 11.9 Å². The van der Waals surface area contributed by atoms with Gasteiger partial charge >= 0.3 is 11.9 Å². The van der Waals surface area contributed by atoms with Gasteiger partial charge in [-0.2, -0.15) is 0 Å². The van der Waals surface area contributed by atoms with Crippen LogP contribution in [0.5, 0.6) is 0 Å². The lowest BCUT2D eigenvalue weighted by Crippen LogP contribution is -1.99. The molecule has 17 heavy (non-hydrogen) atoms. The Morgan fingerprint density at radius 3 is 2.53 bits per heavy atom. The Balaban J connectivity index is 2.20. The van der Waals surface area contributed by atoms with Gasteiger partial charge in [0.2, 0.25) is 0 Å². The lowest BCUT2D eigenvalue weighted by Gasteiger charge is -1.99. The normalized spacial score (nSPS) is 10.4. The smallest absolute Gasteiger partial charge is 0.347 e. The zero-order valence-electron chi connectivity index (χ0n) is 9.39.